The van der Waals surface area contributed by atoms with Crippen LogP contribution < -0.4 is 0 Å². The van der Waals surface area contributed by atoms with Gasteiger partial charge in [0.15, 0.2) is 0 Å². The smallest absolute Gasteiger partial charge is 0.0164 e. The topological polar surface area (TPSA) is 0 Å². The van der Waals surface area contributed by atoms with E-state index in [-0.39, 0.29) is 0 Å². The first-order valence-electron chi connectivity index (χ1n) is 5.97. The van der Waals surface area contributed by atoms with Crippen molar-refractivity contribution in [2.45, 2.75) is 6.42 Å². The van der Waals surface area contributed by atoms with E-state index in [4.69, 9.17) is 0 Å². The molecule has 0 heterocycles. The predicted octanol–water partition coefficient (Wildman–Crippen LogP) is 1.62. The van der Waals surface area contributed by atoms with E-state index in [0.29, 0.717) is 0 Å². The van der Waals surface area contributed by atoms with Gasteiger partial charge in [-0.15, -0.1) is 0 Å². The highest BCUT2D eigenvalue weighted by Crippen LogP contribution is 3.08. The van der Waals surface area contributed by atoms with Crippen molar-refractivity contribution >= 4 is 0 Å². The number of hydrogen-bond acceptors (Lipinski definition) is 0. The normalized spacial score (nSPS) is 108. The Morgan fingerprint density at radius 1 is 0.750 bits per heavy atom. The molecule has 11 atom stereocenters. The lowest BCUT2D eigenvalue weighted by atomic mass is 9.45. The van der Waals surface area contributed by atoms with Crippen LogP contribution in [0, 0.1) is 64.6 Å². The van der Waals surface area contributed by atoms with Crippen LogP contribution in [0.1, 0.15) is 6.42 Å². The van der Waals surface area contributed by atoms with E-state index in [0.717, 1.165) is 5.41 Å². The molecule has 12 heavy (non-hydrogen) atoms. The molecule has 0 N–H and O–H groups in total. The molecule has 0 aliphatic heterocycles. The van der Waals surface area contributed by atoms with E-state index in [2.05, 4.69) is 0 Å². The third-order valence-corrected chi connectivity index (χ3v) is 7.92. The second-order valence-electron chi connectivity index (χ2n) is 6.97. The fraction of sp³-hybridized carbons (Fsp3) is 1.00. The Labute approximate surface area is 71.7 Å². The SMILES string of the molecule is C1C2C3C4C3C3C5C4C2C52C1C32. The second-order valence-corrected chi connectivity index (χ2v) is 6.97. The molecule has 0 saturated heterocycles. The maximum atomic E-state index is 1.72. The molecule has 7 fully saturated rings. The highest BCUT2D eigenvalue weighted by molar-refractivity contribution is 5.51. The summed E-state index contributed by atoms with van der Waals surface area (Å²) in [7, 11) is 0. The van der Waals surface area contributed by atoms with E-state index in [1.807, 2.05) is 0 Å². The van der Waals surface area contributed by atoms with Gasteiger partial charge in [0.05, 0.1) is 0 Å². The first-order chi connectivity index (χ1) is 5.97. The molecule has 0 bridgehead atoms. The van der Waals surface area contributed by atoms with Crippen LogP contribution in [0.4, 0.5) is 0 Å². The fourth-order valence-corrected chi connectivity index (χ4v) is 8.55. The van der Waals surface area contributed by atoms with Gasteiger partial charge in [-0.2, -0.15) is 0 Å². The molecule has 1 spiro atoms. The third-order valence-electron chi connectivity index (χ3n) is 7.92. The first kappa shape index (κ1) is 4.48. The van der Waals surface area contributed by atoms with Crippen LogP contribution in [-0.2, 0) is 0 Å². The highest BCUT2D eigenvalue weighted by Gasteiger charge is 3.05. The number of hydrogen-bond donors (Lipinski definition) is 0. The van der Waals surface area contributed by atoms with Crippen molar-refractivity contribution in [2.75, 3.05) is 0 Å². The summed E-state index contributed by atoms with van der Waals surface area (Å²) in [6.07, 6.45) is 1.72. The van der Waals surface area contributed by atoms with Crippen LogP contribution >= 0.6 is 0 Å². The lowest BCUT2D eigenvalue weighted by Crippen LogP contribution is -2.56. The van der Waals surface area contributed by atoms with Crippen LogP contribution in [0.25, 0.3) is 0 Å². The van der Waals surface area contributed by atoms with Crippen molar-refractivity contribution < 1.29 is 0 Å². The molecule has 0 radical (unpaired) electrons. The summed E-state index contributed by atoms with van der Waals surface area (Å²) in [6.45, 7) is 0. The quantitative estimate of drug-likeness (QED) is 0.500. The average Bonchev–Trinajstić information content (AvgIpc) is 2.72. The summed E-state index contributed by atoms with van der Waals surface area (Å²) in [6, 6.07) is 0. The van der Waals surface area contributed by atoms with E-state index >= 15 is 0 Å². The maximum absolute atomic E-state index is 1.72. The van der Waals surface area contributed by atoms with Gasteiger partial charge < -0.3 is 0 Å². The molecule has 0 aromatic carbocycles. The van der Waals surface area contributed by atoms with E-state index in [1.54, 1.807) is 6.42 Å². The number of rotatable bonds is 0. The minimum absolute atomic E-state index is 1.10. The molecule has 7 rings (SSSR count). The Balaban J connectivity index is 1.80. The molecule has 0 nitrogen and oxygen atoms in total. The minimum Gasteiger partial charge on any atom is -0.0461 e. The molecule has 0 heteroatoms. The molecule has 60 valence electrons. The van der Waals surface area contributed by atoms with E-state index < -0.39 is 0 Å². The molecule has 7 aliphatic rings. The van der Waals surface area contributed by atoms with Crippen molar-refractivity contribution in [1.82, 2.24) is 0 Å². The van der Waals surface area contributed by atoms with Gasteiger partial charge in [-0.05, 0) is 71.0 Å². The predicted molar refractivity (Wildman–Crippen MR) is 42.0 cm³/mol. The van der Waals surface area contributed by atoms with Crippen LogP contribution in [0.2, 0.25) is 0 Å². The van der Waals surface area contributed by atoms with Gasteiger partial charge in [0, 0.05) is 0 Å². The molecule has 0 aromatic heterocycles. The zero-order chi connectivity index (χ0) is 6.98. The van der Waals surface area contributed by atoms with Gasteiger partial charge in [-0.3, -0.25) is 0 Å². The summed E-state index contributed by atoms with van der Waals surface area (Å²) in [4.78, 5) is 0. The van der Waals surface area contributed by atoms with E-state index in [1.165, 1.54) is 59.2 Å². The van der Waals surface area contributed by atoms with Crippen molar-refractivity contribution in [1.29, 1.82) is 0 Å². The zero-order valence-electron chi connectivity index (χ0n) is 6.98. The number of fused-ring (bicyclic) bond motifs is 5. The summed E-state index contributed by atoms with van der Waals surface area (Å²) in [5.74, 6) is 13.3. The van der Waals surface area contributed by atoms with Crippen LogP contribution in [0.5, 0.6) is 0 Å². The molecule has 0 aromatic rings. The summed E-state index contributed by atoms with van der Waals surface area (Å²) in [5, 5.41) is 0. The summed E-state index contributed by atoms with van der Waals surface area (Å²) < 4.78 is 0. The van der Waals surface area contributed by atoms with Gasteiger partial charge in [0.2, 0.25) is 0 Å². The Hall–Kier alpha value is 0. The van der Waals surface area contributed by atoms with Crippen molar-refractivity contribution in [3.8, 4) is 0 Å². The second kappa shape index (κ2) is 0.804. The zero-order valence-corrected chi connectivity index (χ0v) is 6.98. The van der Waals surface area contributed by atoms with Gasteiger partial charge in [0.1, 0.15) is 0 Å². The third kappa shape index (κ3) is 0.156. The molecule has 0 amide bonds. The molecule has 11 unspecified atom stereocenters. The average molecular weight is 156 g/mol. The fourth-order valence-electron chi connectivity index (χ4n) is 8.55. The summed E-state index contributed by atoms with van der Waals surface area (Å²) in [5.41, 5.74) is 1.10. The van der Waals surface area contributed by atoms with Crippen LogP contribution in [-0.4, -0.2) is 0 Å². The lowest BCUT2D eigenvalue weighted by Gasteiger charge is -2.59. The van der Waals surface area contributed by atoms with Gasteiger partial charge in [0.25, 0.3) is 0 Å². The molecule has 7 aliphatic carbocycles. The van der Waals surface area contributed by atoms with Crippen molar-refractivity contribution in [2.24, 2.45) is 64.6 Å². The summed E-state index contributed by atoms with van der Waals surface area (Å²) >= 11 is 0. The van der Waals surface area contributed by atoms with Crippen molar-refractivity contribution in [3.63, 3.8) is 0 Å². The Bertz CT molecular complexity index is 369. The lowest BCUT2D eigenvalue weighted by molar-refractivity contribution is -0.126. The van der Waals surface area contributed by atoms with Gasteiger partial charge >= 0.3 is 0 Å². The first-order valence-corrected chi connectivity index (χ1v) is 5.97. The van der Waals surface area contributed by atoms with Gasteiger partial charge in [-0.1, -0.05) is 0 Å². The molecule has 7 saturated carbocycles. The standard InChI is InChI=1S/C12H12/c1-2-4-5-6(4)8-10-3(1)12(10)9(2)7(5)11(8)12/h2-11H,1H2. The molecular weight excluding hydrogens is 144 g/mol. The van der Waals surface area contributed by atoms with Crippen molar-refractivity contribution in [3.05, 3.63) is 0 Å². The largest absolute Gasteiger partial charge is 0.0461 e. The monoisotopic (exact) mass is 156 g/mol. The maximum Gasteiger partial charge on any atom is -0.0164 e. The van der Waals surface area contributed by atoms with E-state index in [9.17, 15) is 0 Å². The molecular formula is C12H12. The Morgan fingerprint density at radius 3 is 2.50 bits per heavy atom. The Morgan fingerprint density at radius 2 is 1.58 bits per heavy atom. The van der Waals surface area contributed by atoms with Crippen LogP contribution in [0.15, 0.2) is 0 Å². The van der Waals surface area contributed by atoms with Gasteiger partial charge in [-0.25, -0.2) is 0 Å². The van der Waals surface area contributed by atoms with Crippen LogP contribution in [0.3, 0.4) is 0 Å². The minimum atomic E-state index is 1.10. The highest BCUT2D eigenvalue weighted by atomic mass is 15.1. The Kier molecular flexibility index (Phi) is 0.300.